The zero-order valence-electron chi connectivity index (χ0n) is 9.21. The molecular weight excluding hydrogens is 220 g/mol. The highest BCUT2D eigenvalue weighted by atomic mass is 35.5. The molecule has 0 N–H and O–H groups in total. The van der Waals surface area contributed by atoms with Gasteiger partial charge in [-0.1, -0.05) is 24.3 Å². The molecule has 2 heteroatoms. The summed E-state index contributed by atoms with van der Waals surface area (Å²) >= 11 is 6.12. The molecule has 0 saturated heterocycles. The molecule has 2 aliphatic rings. The van der Waals surface area contributed by atoms with Crippen LogP contribution in [-0.4, -0.2) is 12.0 Å². The maximum Gasteiger partial charge on any atom is 0.129 e. The maximum atomic E-state index is 6.12. The topological polar surface area (TPSA) is 9.23 Å². The van der Waals surface area contributed by atoms with Crippen LogP contribution in [0, 0.1) is 0 Å². The lowest BCUT2D eigenvalue weighted by Gasteiger charge is -2.20. The summed E-state index contributed by atoms with van der Waals surface area (Å²) in [6.07, 6.45) is 6.58. The van der Waals surface area contributed by atoms with Gasteiger partial charge in [0, 0.05) is 5.56 Å². The molecule has 0 fully saturated rings. The summed E-state index contributed by atoms with van der Waals surface area (Å²) < 4.78 is 5.82. The average Bonchev–Trinajstić information content (AvgIpc) is 2.75. The van der Waals surface area contributed by atoms with Gasteiger partial charge in [0.05, 0.1) is 12.0 Å². The van der Waals surface area contributed by atoms with Crippen molar-refractivity contribution in [3.8, 4) is 5.75 Å². The molecule has 0 amide bonds. The van der Waals surface area contributed by atoms with Crippen LogP contribution in [0.15, 0.2) is 24.3 Å². The van der Waals surface area contributed by atoms with E-state index < -0.39 is 0 Å². The fourth-order valence-corrected chi connectivity index (χ4v) is 2.81. The van der Waals surface area contributed by atoms with Gasteiger partial charge in [0.1, 0.15) is 5.75 Å². The monoisotopic (exact) mass is 234 g/mol. The number of para-hydroxylation sites is 1. The second-order valence-corrected chi connectivity index (χ2v) is 5.05. The van der Waals surface area contributed by atoms with Crippen molar-refractivity contribution in [1.82, 2.24) is 0 Å². The van der Waals surface area contributed by atoms with Crippen LogP contribution in [0.2, 0.25) is 0 Å². The molecule has 1 aromatic carbocycles. The Labute approximate surface area is 101 Å². The van der Waals surface area contributed by atoms with Crippen molar-refractivity contribution in [3.05, 3.63) is 35.4 Å². The third-order valence-corrected chi connectivity index (χ3v) is 3.70. The van der Waals surface area contributed by atoms with Gasteiger partial charge < -0.3 is 4.74 Å². The molecule has 84 valence electrons. The number of hydrogen-bond acceptors (Lipinski definition) is 1. The van der Waals surface area contributed by atoms with Gasteiger partial charge in [-0.3, -0.25) is 0 Å². The molecule has 1 aliphatic heterocycles. The summed E-state index contributed by atoms with van der Waals surface area (Å²) in [6.45, 7) is 0.849. The molecule has 0 saturated carbocycles. The minimum atomic E-state index is 0.203. The highest BCUT2D eigenvalue weighted by molar-refractivity contribution is 6.22. The minimum absolute atomic E-state index is 0.203. The molecular formula is C14H15ClO. The van der Waals surface area contributed by atoms with Gasteiger partial charge >= 0.3 is 0 Å². The molecule has 0 bridgehead atoms. The number of benzene rings is 1. The van der Waals surface area contributed by atoms with E-state index >= 15 is 0 Å². The van der Waals surface area contributed by atoms with Crippen LogP contribution >= 0.6 is 11.6 Å². The Hall–Kier alpha value is -0.950. The molecule has 1 heterocycles. The van der Waals surface area contributed by atoms with E-state index in [1.807, 2.05) is 0 Å². The summed E-state index contributed by atoms with van der Waals surface area (Å²) in [7, 11) is 0. The van der Waals surface area contributed by atoms with Gasteiger partial charge in [-0.05, 0) is 36.8 Å². The van der Waals surface area contributed by atoms with Gasteiger partial charge in [-0.15, -0.1) is 11.6 Å². The molecule has 3 rings (SSSR count). The first-order chi connectivity index (χ1) is 7.84. The molecule has 0 spiro atoms. The first-order valence-corrected chi connectivity index (χ1v) is 6.38. The van der Waals surface area contributed by atoms with Crippen LogP contribution in [0.1, 0.15) is 30.4 Å². The molecule has 16 heavy (non-hydrogen) atoms. The van der Waals surface area contributed by atoms with E-state index in [0.29, 0.717) is 0 Å². The van der Waals surface area contributed by atoms with Crippen molar-refractivity contribution in [2.45, 2.75) is 31.1 Å². The average molecular weight is 235 g/mol. The SMILES string of the molecule is ClC1C=C(c2cccc3c2OCCC3)CC1. The molecule has 1 unspecified atom stereocenters. The van der Waals surface area contributed by atoms with Crippen LogP contribution in [0.5, 0.6) is 5.75 Å². The van der Waals surface area contributed by atoms with Gasteiger partial charge in [-0.25, -0.2) is 0 Å². The van der Waals surface area contributed by atoms with Gasteiger partial charge in [0.25, 0.3) is 0 Å². The summed E-state index contributed by atoms with van der Waals surface area (Å²) in [6, 6.07) is 6.46. The Morgan fingerprint density at radius 2 is 2.19 bits per heavy atom. The Kier molecular flexibility index (Phi) is 2.64. The van der Waals surface area contributed by atoms with Crippen molar-refractivity contribution >= 4 is 17.2 Å². The lowest BCUT2D eigenvalue weighted by Crippen LogP contribution is -2.09. The van der Waals surface area contributed by atoms with Crippen LogP contribution in [0.3, 0.4) is 0 Å². The van der Waals surface area contributed by atoms with Gasteiger partial charge in [0.2, 0.25) is 0 Å². The Morgan fingerprint density at radius 3 is 3.00 bits per heavy atom. The van der Waals surface area contributed by atoms with E-state index in [0.717, 1.165) is 38.0 Å². The zero-order valence-corrected chi connectivity index (χ0v) is 9.96. The fourth-order valence-electron chi connectivity index (χ4n) is 2.54. The Balaban J connectivity index is 2.04. The number of halogens is 1. The predicted molar refractivity (Wildman–Crippen MR) is 67.1 cm³/mol. The van der Waals surface area contributed by atoms with Gasteiger partial charge in [0.15, 0.2) is 0 Å². The second-order valence-electron chi connectivity index (χ2n) is 4.49. The van der Waals surface area contributed by atoms with Crippen molar-refractivity contribution in [3.63, 3.8) is 0 Å². The minimum Gasteiger partial charge on any atom is -0.493 e. The molecule has 0 radical (unpaired) electrons. The van der Waals surface area contributed by atoms with Crippen LogP contribution < -0.4 is 4.74 Å². The fraction of sp³-hybridized carbons (Fsp3) is 0.429. The largest absolute Gasteiger partial charge is 0.493 e. The van der Waals surface area contributed by atoms with E-state index in [1.54, 1.807) is 0 Å². The molecule has 1 aromatic rings. The number of allylic oxidation sites excluding steroid dienone is 2. The molecule has 1 nitrogen and oxygen atoms in total. The van der Waals surface area contributed by atoms with Crippen molar-refractivity contribution in [1.29, 1.82) is 0 Å². The second kappa shape index (κ2) is 4.14. The smallest absolute Gasteiger partial charge is 0.129 e. The zero-order chi connectivity index (χ0) is 11.0. The van der Waals surface area contributed by atoms with E-state index in [9.17, 15) is 0 Å². The standard InChI is InChI=1S/C14H15ClO/c15-12-7-6-11(9-12)13-5-1-3-10-4-2-8-16-14(10)13/h1,3,5,9,12H,2,4,6-8H2. The van der Waals surface area contributed by atoms with E-state index in [-0.39, 0.29) is 5.38 Å². The number of rotatable bonds is 1. The highest BCUT2D eigenvalue weighted by Crippen LogP contribution is 2.38. The summed E-state index contributed by atoms with van der Waals surface area (Å²) in [5.41, 5.74) is 3.97. The number of fused-ring (bicyclic) bond motifs is 1. The molecule has 0 aromatic heterocycles. The van der Waals surface area contributed by atoms with E-state index in [2.05, 4.69) is 24.3 Å². The number of aryl methyl sites for hydroxylation is 1. The third kappa shape index (κ3) is 1.73. The van der Waals surface area contributed by atoms with Crippen LogP contribution in [0.25, 0.3) is 5.57 Å². The Bertz CT molecular complexity index is 436. The van der Waals surface area contributed by atoms with Crippen LogP contribution in [-0.2, 0) is 6.42 Å². The normalized spacial score (nSPS) is 23.6. The van der Waals surface area contributed by atoms with Crippen molar-refractivity contribution < 1.29 is 4.74 Å². The first kappa shape index (κ1) is 10.2. The Morgan fingerprint density at radius 1 is 1.25 bits per heavy atom. The summed E-state index contributed by atoms with van der Waals surface area (Å²) in [4.78, 5) is 0. The van der Waals surface area contributed by atoms with Crippen molar-refractivity contribution in [2.24, 2.45) is 0 Å². The molecule has 1 atom stereocenters. The highest BCUT2D eigenvalue weighted by Gasteiger charge is 2.20. The first-order valence-electron chi connectivity index (χ1n) is 5.94. The number of ether oxygens (including phenoxy) is 1. The quantitative estimate of drug-likeness (QED) is 0.672. The number of alkyl halides is 1. The lowest BCUT2D eigenvalue weighted by atomic mass is 9.97. The summed E-state index contributed by atoms with van der Waals surface area (Å²) in [5.74, 6) is 1.10. The van der Waals surface area contributed by atoms with Crippen molar-refractivity contribution in [2.75, 3.05) is 6.61 Å². The maximum absolute atomic E-state index is 6.12. The molecule has 1 aliphatic carbocycles. The lowest BCUT2D eigenvalue weighted by molar-refractivity contribution is 0.287. The predicted octanol–water partition coefficient (Wildman–Crippen LogP) is 3.80. The van der Waals surface area contributed by atoms with E-state index in [4.69, 9.17) is 16.3 Å². The van der Waals surface area contributed by atoms with Crippen LogP contribution in [0.4, 0.5) is 0 Å². The number of hydrogen-bond donors (Lipinski definition) is 0. The van der Waals surface area contributed by atoms with Gasteiger partial charge in [-0.2, -0.15) is 0 Å². The van der Waals surface area contributed by atoms with E-state index in [1.165, 1.54) is 16.7 Å². The third-order valence-electron chi connectivity index (χ3n) is 3.35. The summed E-state index contributed by atoms with van der Waals surface area (Å²) in [5, 5.41) is 0.203.